The van der Waals surface area contributed by atoms with Gasteiger partial charge in [0.2, 0.25) is 5.78 Å². The third-order valence-corrected chi connectivity index (χ3v) is 5.93. The van der Waals surface area contributed by atoms with Gasteiger partial charge in [-0.1, -0.05) is 12.2 Å². The summed E-state index contributed by atoms with van der Waals surface area (Å²) in [6.07, 6.45) is 9.61. The minimum absolute atomic E-state index is 0.0757. The highest BCUT2D eigenvalue weighted by atomic mass is 16.5. The summed E-state index contributed by atoms with van der Waals surface area (Å²) < 4.78 is 21.7. The van der Waals surface area contributed by atoms with Crippen LogP contribution in [0.15, 0.2) is 44.8 Å². The summed E-state index contributed by atoms with van der Waals surface area (Å²) >= 11 is 0. The molecule has 0 saturated heterocycles. The van der Waals surface area contributed by atoms with E-state index in [1.54, 1.807) is 24.3 Å². The lowest BCUT2D eigenvalue weighted by Crippen LogP contribution is -2.34. The number of hydrogen-bond donors (Lipinski definition) is 0. The van der Waals surface area contributed by atoms with Crippen molar-refractivity contribution < 1.29 is 28.2 Å². The Morgan fingerprint density at radius 2 is 1.92 bits per heavy atom. The van der Waals surface area contributed by atoms with E-state index in [9.17, 15) is 19.6 Å². The van der Waals surface area contributed by atoms with Crippen molar-refractivity contribution in [1.29, 1.82) is 5.26 Å². The van der Waals surface area contributed by atoms with E-state index in [0.29, 0.717) is 34.5 Å². The van der Waals surface area contributed by atoms with Gasteiger partial charge in [0.15, 0.2) is 12.4 Å². The van der Waals surface area contributed by atoms with Crippen LogP contribution in [-0.2, 0) is 9.59 Å². The lowest BCUT2D eigenvalue weighted by atomic mass is 10.0. The Morgan fingerprint density at radius 1 is 1.14 bits per heavy atom. The molecule has 9 heteroatoms. The van der Waals surface area contributed by atoms with Crippen molar-refractivity contribution in [2.45, 2.75) is 6.42 Å². The average Bonchev–Trinajstić information content (AvgIpc) is 3.20. The fourth-order valence-electron chi connectivity index (χ4n) is 3.99. The highest BCUT2D eigenvalue weighted by Gasteiger charge is 2.24. The number of allylic oxidation sites excluding steroid dienone is 3. The van der Waals surface area contributed by atoms with Gasteiger partial charge >= 0.3 is 5.63 Å². The lowest BCUT2D eigenvalue weighted by Gasteiger charge is -2.12. The van der Waals surface area contributed by atoms with E-state index >= 15 is 0 Å². The summed E-state index contributed by atoms with van der Waals surface area (Å²) in [4.78, 5) is 40.5. The van der Waals surface area contributed by atoms with Gasteiger partial charge in [0, 0.05) is 43.2 Å². The lowest BCUT2D eigenvalue weighted by molar-refractivity contribution is -0.120. The first kappa shape index (κ1) is 25.3. The van der Waals surface area contributed by atoms with Crippen LogP contribution in [0.4, 0.5) is 0 Å². The van der Waals surface area contributed by atoms with E-state index in [0.717, 1.165) is 11.8 Å². The van der Waals surface area contributed by atoms with Crippen molar-refractivity contribution in [1.82, 2.24) is 4.90 Å². The normalized spacial score (nSPS) is 14.3. The number of ether oxygens (including phenoxy) is 3. The van der Waals surface area contributed by atoms with Crippen molar-refractivity contribution in [3.63, 3.8) is 0 Å². The molecule has 1 aromatic carbocycles. The van der Waals surface area contributed by atoms with Crippen molar-refractivity contribution in [3.8, 4) is 23.3 Å². The van der Waals surface area contributed by atoms with E-state index in [4.69, 9.17) is 18.6 Å². The van der Waals surface area contributed by atoms with Gasteiger partial charge in [0.1, 0.15) is 28.7 Å². The molecule has 0 unspecified atom stereocenters. The minimum Gasteiger partial charge on any atom is -0.496 e. The third kappa shape index (κ3) is 4.95. The molecule has 2 aliphatic rings. The Balaban J connectivity index is 1.77. The van der Waals surface area contributed by atoms with Gasteiger partial charge < -0.3 is 23.5 Å². The quantitative estimate of drug-likeness (QED) is 0.430. The van der Waals surface area contributed by atoms with Crippen LogP contribution in [0, 0.1) is 11.3 Å². The minimum atomic E-state index is -0.771. The van der Waals surface area contributed by atoms with Crippen LogP contribution in [0.1, 0.15) is 23.1 Å². The second-order valence-corrected chi connectivity index (χ2v) is 8.38. The fraction of sp³-hybridized carbons (Fsp3) is 0.214. The molecule has 2 heterocycles. The number of Topliss-reactive ketones (excluding diaryl/α,β-unsaturated/α-hetero) is 1. The molecule has 1 aliphatic carbocycles. The molecule has 0 atom stereocenters. The Hall–Kier alpha value is -4.84. The molecule has 9 nitrogen and oxygen atoms in total. The number of nitriles is 1. The maximum absolute atomic E-state index is 13.1. The Labute approximate surface area is 212 Å². The molecule has 2 aromatic rings. The van der Waals surface area contributed by atoms with Crippen molar-refractivity contribution in [2.75, 3.05) is 34.9 Å². The molecule has 1 aromatic heterocycles. The van der Waals surface area contributed by atoms with Gasteiger partial charge in [-0.2, -0.15) is 5.26 Å². The van der Waals surface area contributed by atoms with Crippen LogP contribution < -0.4 is 30.5 Å². The second-order valence-electron chi connectivity index (χ2n) is 8.38. The zero-order valence-electron chi connectivity index (χ0n) is 20.8. The maximum Gasteiger partial charge on any atom is 0.344 e. The van der Waals surface area contributed by atoms with Gasteiger partial charge in [-0.05, 0) is 24.6 Å². The van der Waals surface area contributed by atoms with Crippen molar-refractivity contribution >= 4 is 35.9 Å². The van der Waals surface area contributed by atoms with Gasteiger partial charge in [0.25, 0.3) is 0 Å². The number of nitrogens with zero attached hydrogens (tertiary/aromatic N) is 2. The molecule has 0 amide bonds. The van der Waals surface area contributed by atoms with Crippen molar-refractivity contribution in [3.05, 3.63) is 73.3 Å². The molecule has 1 aliphatic heterocycles. The van der Waals surface area contributed by atoms with Crippen LogP contribution in [0.25, 0.3) is 24.3 Å². The maximum atomic E-state index is 13.1. The third-order valence-electron chi connectivity index (χ3n) is 5.93. The number of methoxy groups -OCH3 is 2. The van der Waals surface area contributed by atoms with E-state index < -0.39 is 17.2 Å². The largest absolute Gasteiger partial charge is 0.496 e. The van der Waals surface area contributed by atoms with Crippen LogP contribution in [-0.4, -0.2) is 51.4 Å². The molecular formula is C28H24N2O7. The summed E-state index contributed by atoms with van der Waals surface area (Å²) in [6, 6.07) is 5.26. The Kier molecular flexibility index (Phi) is 7.11. The molecule has 0 spiro atoms. The van der Waals surface area contributed by atoms with Gasteiger partial charge in [0.05, 0.1) is 36.5 Å². The number of rotatable bonds is 6. The molecule has 0 N–H and O–H groups in total. The highest BCUT2D eigenvalue weighted by molar-refractivity contribution is 6.28. The molecule has 0 fully saturated rings. The summed E-state index contributed by atoms with van der Waals surface area (Å²) in [7, 11) is 6.65. The van der Waals surface area contributed by atoms with E-state index in [1.165, 1.54) is 26.4 Å². The molecule has 0 radical (unpaired) electrons. The topological polar surface area (TPSA) is 119 Å². The predicted molar refractivity (Wildman–Crippen MR) is 136 cm³/mol. The number of ketones is 2. The monoisotopic (exact) mass is 500 g/mol. The van der Waals surface area contributed by atoms with Crippen molar-refractivity contribution in [2.24, 2.45) is 0 Å². The zero-order chi connectivity index (χ0) is 26.7. The predicted octanol–water partition coefficient (Wildman–Crippen LogP) is 1.57. The highest BCUT2D eigenvalue weighted by Crippen LogP contribution is 2.37. The second kappa shape index (κ2) is 10.4. The molecule has 0 saturated carbocycles. The number of hydrogen-bond acceptors (Lipinski definition) is 9. The first-order valence-corrected chi connectivity index (χ1v) is 11.3. The average molecular weight is 501 g/mol. The van der Waals surface area contributed by atoms with Gasteiger partial charge in [-0.15, -0.1) is 0 Å². The standard InChI is InChI=1S/C28H24N2O7/c1-30(2)16-6-5-7-18-22(14-29)19(28(33)37-27(18)10-16)8-9-23(31)20-13-21-25(35-4)11-17(34-3)12-26(21)36-15-24(20)32/h6-13H,5,15H2,1-4H3/b9-8+. The molecule has 37 heavy (non-hydrogen) atoms. The molecule has 188 valence electrons. The fourth-order valence-corrected chi connectivity index (χ4v) is 3.99. The summed E-state index contributed by atoms with van der Waals surface area (Å²) in [5, 5.41) is 10.3. The van der Waals surface area contributed by atoms with Crippen LogP contribution in [0.5, 0.6) is 17.2 Å². The Morgan fingerprint density at radius 3 is 2.59 bits per heavy atom. The SMILES string of the molecule is COc1cc(OC)c2c(c1)OCC(=O)C(C(=O)/C=C/c1c(C#N)c3c(oc1=O)=CC(N(C)C)=CCC=3)=C2. The van der Waals surface area contributed by atoms with Gasteiger partial charge in [-0.25, -0.2) is 4.79 Å². The van der Waals surface area contributed by atoms with Crippen LogP contribution >= 0.6 is 0 Å². The van der Waals surface area contributed by atoms with E-state index in [1.807, 2.05) is 25.1 Å². The number of fused-ring (bicyclic) bond motifs is 2. The zero-order valence-corrected chi connectivity index (χ0v) is 20.8. The first-order valence-electron chi connectivity index (χ1n) is 11.3. The number of carbonyl (C=O) groups excluding carboxylic acids is 2. The van der Waals surface area contributed by atoms with Crippen LogP contribution in [0.3, 0.4) is 0 Å². The number of carbonyl (C=O) groups is 2. The molecule has 0 bridgehead atoms. The smallest absolute Gasteiger partial charge is 0.344 e. The van der Waals surface area contributed by atoms with E-state index in [-0.39, 0.29) is 28.7 Å². The van der Waals surface area contributed by atoms with Crippen LogP contribution in [0.2, 0.25) is 0 Å². The molecule has 4 rings (SSSR count). The molecular weight excluding hydrogens is 476 g/mol. The summed E-state index contributed by atoms with van der Waals surface area (Å²) in [5.41, 5.74) is 0.581. The first-order chi connectivity index (χ1) is 17.8. The van der Waals surface area contributed by atoms with E-state index in [2.05, 4.69) is 6.07 Å². The summed E-state index contributed by atoms with van der Waals surface area (Å²) in [5.74, 6) is -0.0655. The Bertz CT molecular complexity index is 1620. The van der Waals surface area contributed by atoms with Gasteiger partial charge in [-0.3, -0.25) is 9.59 Å². The number of benzene rings is 1. The summed E-state index contributed by atoms with van der Waals surface area (Å²) in [6.45, 7) is -0.370.